The Morgan fingerprint density at radius 1 is 0.444 bits per heavy atom. The SMILES string of the molecule is COc1ccc(C=CC(=O)O)cc1OC.COc1ccc(C=CC(=O)Oc2ccc(C=CC(=O)OC(=O)C=Cc3ccc(O)c(OC)c3)cc2O)cc1O. The fraction of sp³-hybridized carbons (Fsp3) is 0.100. The highest BCUT2D eigenvalue weighted by Crippen LogP contribution is 2.30. The Bertz CT molecular complexity index is 2090. The van der Waals surface area contributed by atoms with E-state index in [-0.39, 0.29) is 34.5 Å². The summed E-state index contributed by atoms with van der Waals surface area (Å²) in [4.78, 5) is 46.3. The lowest BCUT2D eigenvalue weighted by Gasteiger charge is -2.07. The number of methoxy groups -OCH3 is 4. The van der Waals surface area contributed by atoms with Crippen LogP contribution in [0.15, 0.2) is 97.1 Å². The summed E-state index contributed by atoms with van der Waals surface area (Å²) >= 11 is 0. The minimum absolute atomic E-state index is 0.0572. The summed E-state index contributed by atoms with van der Waals surface area (Å²) in [6, 6.07) is 18.2. The van der Waals surface area contributed by atoms with Crippen molar-refractivity contribution in [3.63, 3.8) is 0 Å². The van der Waals surface area contributed by atoms with Crippen LogP contribution in [0.25, 0.3) is 24.3 Å². The summed E-state index contributed by atoms with van der Waals surface area (Å²) in [5.41, 5.74) is 2.18. The zero-order chi connectivity index (χ0) is 39.6. The molecule has 0 heterocycles. The fourth-order valence-corrected chi connectivity index (χ4v) is 4.26. The van der Waals surface area contributed by atoms with Gasteiger partial charge in [0, 0.05) is 24.3 Å². The molecule has 4 rings (SSSR count). The van der Waals surface area contributed by atoms with E-state index in [1.54, 1.807) is 37.4 Å². The van der Waals surface area contributed by atoms with Gasteiger partial charge < -0.3 is 48.8 Å². The Hall–Kier alpha value is -7.48. The zero-order valence-corrected chi connectivity index (χ0v) is 29.4. The molecule has 0 aromatic heterocycles. The summed E-state index contributed by atoms with van der Waals surface area (Å²) in [5, 5.41) is 38.0. The summed E-state index contributed by atoms with van der Waals surface area (Å²) < 4.78 is 29.8. The van der Waals surface area contributed by atoms with Crippen LogP contribution >= 0.6 is 0 Å². The van der Waals surface area contributed by atoms with Crippen LogP contribution in [-0.2, 0) is 23.9 Å². The second-order valence-electron chi connectivity index (χ2n) is 10.5. The highest BCUT2D eigenvalue weighted by molar-refractivity contribution is 6.00. The molecule has 0 amide bonds. The number of esters is 3. The van der Waals surface area contributed by atoms with Crippen LogP contribution in [0.4, 0.5) is 0 Å². The molecule has 14 nitrogen and oxygen atoms in total. The second-order valence-corrected chi connectivity index (χ2v) is 10.5. The molecule has 0 fully saturated rings. The number of benzene rings is 4. The van der Waals surface area contributed by atoms with E-state index in [1.807, 2.05) is 0 Å². The van der Waals surface area contributed by atoms with Crippen molar-refractivity contribution in [2.24, 2.45) is 0 Å². The molecule has 0 atom stereocenters. The molecule has 0 radical (unpaired) electrons. The van der Waals surface area contributed by atoms with Gasteiger partial charge in [-0.25, -0.2) is 19.2 Å². The third-order valence-corrected chi connectivity index (χ3v) is 6.86. The van der Waals surface area contributed by atoms with Gasteiger partial charge in [-0.05, 0) is 95.1 Å². The van der Waals surface area contributed by atoms with Crippen molar-refractivity contribution in [1.82, 2.24) is 0 Å². The summed E-state index contributed by atoms with van der Waals surface area (Å²) in [7, 11) is 5.88. The van der Waals surface area contributed by atoms with Crippen molar-refractivity contribution in [1.29, 1.82) is 0 Å². The van der Waals surface area contributed by atoms with Gasteiger partial charge >= 0.3 is 23.9 Å². The molecule has 0 saturated heterocycles. The molecule has 280 valence electrons. The molecule has 54 heavy (non-hydrogen) atoms. The number of carbonyl (C=O) groups is 4. The number of phenolic OH excluding ortho intramolecular Hbond substituents is 3. The summed E-state index contributed by atoms with van der Waals surface area (Å²) in [5.74, 6) is -2.54. The van der Waals surface area contributed by atoms with Crippen LogP contribution in [0.2, 0.25) is 0 Å². The first-order valence-electron chi connectivity index (χ1n) is 15.6. The van der Waals surface area contributed by atoms with E-state index >= 15 is 0 Å². The molecule has 14 heteroatoms. The smallest absolute Gasteiger partial charge is 0.338 e. The molecule has 0 aliphatic carbocycles. The van der Waals surface area contributed by atoms with Crippen LogP contribution in [0.3, 0.4) is 0 Å². The Kier molecular flexibility index (Phi) is 15.5. The summed E-state index contributed by atoms with van der Waals surface area (Å²) in [6.45, 7) is 0. The third-order valence-electron chi connectivity index (χ3n) is 6.86. The van der Waals surface area contributed by atoms with Gasteiger partial charge in [0.15, 0.2) is 46.0 Å². The molecular formula is C40H36O14. The van der Waals surface area contributed by atoms with Crippen molar-refractivity contribution >= 4 is 48.2 Å². The number of carbonyl (C=O) groups excluding carboxylic acids is 3. The molecular weight excluding hydrogens is 704 g/mol. The molecule has 4 N–H and O–H groups in total. The van der Waals surface area contributed by atoms with Crippen LogP contribution < -0.4 is 23.7 Å². The standard InChI is InChI=1S/C29H24O10.C11H12O4/c1-36-24-10-4-18(15-22(24)31)6-12-27(33)38-25-11-5-19(16-23(25)32)7-13-28(34)39-29(35)14-8-20-3-9-21(30)26(17-20)37-2;1-14-9-5-3-8(4-6-11(12)13)7-10(9)15-2/h3-17,30-32H,1-2H3;3-7H,1-2H3,(H,12,13). The Morgan fingerprint density at radius 2 is 0.852 bits per heavy atom. The van der Waals surface area contributed by atoms with E-state index < -0.39 is 23.9 Å². The lowest BCUT2D eigenvalue weighted by atomic mass is 10.2. The van der Waals surface area contributed by atoms with E-state index in [9.17, 15) is 34.5 Å². The number of hydrogen-bond donors (Lipinski definition) is 4. The van der Waals surface area contributed by atoms with Crippen LogP contribution in [0.5, 0.6) is 46.0 Å². The number of hydrogen-bond acceptors (Lipinski definition) is 13. The van der Waals surface area contributed by atoms with E-state index in [2.05, 4.69) is 4.74 Å². The fourth-order valence-electron chi connectivity index (χ4n) is 4.26. The quantitative estimate of drug-likeness (QED) is 0.0534. The van der Waals surface area contributed by atoms with Crippen LogP contribution in [0.1, 0.15) is 22.3 Å². The maximum Gasteiger partial charge on any atom is 0.338 e. The molecule has 4 aromatic rings. The van der Waals surface area contributed by atoms with E-state index in [0.717, 1.165) is 29.9 Å². The Balaban J connectivity index is 0.000000437. The molecule has 0 bridgehead atoms. The van der Waals surface area contributed by atoms with Gasteiger partial charge in [0.05, 0.1) is 28.4 Å². The van der Waals surface area contributed by atoms with Gasteiger partial charge in [0.2, 0.25) is 0 Å². The first kappa shape index (κ1) is 40.9. The predicted octanol–water partition coefficient (Wildman–Crippen LogP) is 6.04. The highest BCUT2D eigenvalue weighted by Gasteiger charge is 2.09. The van der Waals surface area contributed by atoms with Crippen molar-refractivity contribution < 1.29 is 68.0 Å². The Labute approximate surface area is 309 Å². The van der Waals surface area contributed by atoms with Gasteiger partial charge in [-0.1, -0.05) is 24.3 Å². The van der Waals surface area contributed by atoms with Gasteiger partial charge in [-0.15, -0.1) is 0 Å². The largest absolute Gasteiger partial charge is 0.504 e. The number of aromatic hydroxyl groups is 3. The molecule has 0 aliphatic heterocycles. The lowest BCUT2D eigenvalue weighted by molar-refractivity contribution is -0.152. The Morgan fingerprint density at radius 3 is 1.33 bits per heavy atom. The van der Waals surface area contributed by atoms with E-state index in [0.29, 0.717) is 28.2 Å². The molecule has 0 aliphatic rings. The van der Waals surface area contributed by atoms with Crippen molar-refractivity contribution in [2.75, 3.05) is 28.4 Å². The monoisotopic (exact) mass is 740 g/mol. The molecule has 0 saturated carbocycles. The molecule has 0 unspecified atom stereocenters. The second kappa shape index (κ2) is 20.4. The maximum absolute atomic E-state index is 12.1. The number of carboxylic acids is 1. The van der Waals surface area contributed by atoms with Gasteiger partial charge in [0.1, 0.15) is 0 Å². The predicted molar refractivity (Wildman–Crippen MR) is 197 cm³/mol. The summed E-state index contributed by atoms with van der Waals surface area (Å²) in [6.07, 6.45) is 9.81. The number of phenols is 3. The van der Waals surface area contributed by atoms with Crippen molar-refractivity contribution in [2.45, 2.75) is 0 Å². The number of aliphatic carboxylic acids is 1. The van der Waals surface area contributed by atoms with Crippen LogP contribution in [-0.4, -0.2) is 72.7 Å². The lowest BCUT2D eigenvalue weighted by Crippen LogP contribution is -2.06. The van der Waals surface area contributed by atoms with Crippen molar-refractivity contribution in [3.8, 4) is 46.0 Å². The third kappa shape index (κ3) is 13.0. The first-order chi connectivity index (χ1) is 25.8. The number of rotatable bonds is 13. The van der Waals surface area contributed by atoms with Crippen LogP contribution in [0, 0.1) is 0 Å². The topological polar surface area (TPSA) is 205 Å². The first-order valence-corrected chi connectivity index (χ1v) is 15.6. The van der Waals surface area contributed by atoms with Gasteiger partial charge in [-0.3, -0.25) is 0 Å². The minimum Gasteiger partial charge on any atom is -0.504 e. The molecule has 4 aromatic carbocycles. The van der Waals surface area contributed by atoms with Gasteiger partial charge in [0.25, 0.3) is 0 Å². The average Bonchev–Trinajstić information content (AvgIpc) is 3.16. The number of carboxylic acid groups (broad SMARTS) is 1. The normalized spacial score (nSPS) is 10.9. The maximum atomic E-state index is 12.1. The number of ether oxygens (including phenoxy) is 6. The van der Waals surface area contributed by atoms with E-state index in [1.165, 1.54) is 88.1 Å². The highest BCUT2D eigenvalue weighted by atomic mass is 16.6. The van der Waals surface area contributed by atoms with Gasteiger partial charge in [-0.2, -0.15) is 0 Å². The minimum atomic E-state index is -0.982. The molecule has 0 spiro atoms. The van der Waals surface area contributed by atoms with Crippen molar-refractivity contribution in [3.05, 3.63) is 119 Å². The zero-order valence-electron chi connectivity index (χ0n) is 29.4. The average molecular weight is 741 g/mol. The van der Waals surface area contributed by atoms with E-state index in [4.69, 9.17) is 28.8 Å².